The largest absolute Gasteiger partial charge is 0.359 e. The molecule has 3 amide bonds. The number of nitrogens with zero attached hydrogens (tertiary/aromatic N) is 3. The number of likely N-dealkylation sites (tertiary alicyclic amines) is 1. The second-order valence-corrected chi connectivity index (χ2v) is 6.01. The molecule has 1 unspecified atom stereocenters. The number of nitrogens with one attached hydrogen (secondary N) is 2. The zero-order valence-electron chi connectivity index (χ0n) is 14.0. The van der Waals surface area contributed by atoms with Crippen molar-refractivity contribution < 1.29 is 9.59 Å². The molecule has 0 radical (unpaired) electrons. The predicted octanol–water partition coefficient (Wildman–Crippen LogP) is 1.14. The van der Waals surface area contributed by atoms with Crippen LogP contribution in [0.1, 0.15) is 31.5 Å². The number of hydrogen-bond donors (Lipinski definition) is 2. The van der Waals surface area contributed by atoms with Crippen molar-refractivity contribution in [3.05, 3.63) is 18.2 Å². The molecule has 1 atom stereocenters. The van der Waals surface area contributed by atoms with Gasteiger partial charge in [0, 0.05) is 45.6 Å². The Bertz CT molecular complexity index is 528. The number of unbranched alkanes of at least 4 members (excludes halogenated alkanes) is 1. The number of hydrogen-bond acceptors (Lipinski definition) is 3. The van der Waals surface area contributed by atoms with E-state index < -0.39 is 0 Å². The van der Waals surface area contributed by atoms with Crippen LogP contribution in [0.15, 0.2) is 12.4 Å². The van der Waals surface area contributed by atoms with Crippen molar-refractivity contribution >= 4 is 11.9 Å². The standard InChI is InChI=1S/C16H27N5O2/c1-13-18-8-11-20(13)9-4-3-7-19-16(23)21-10-5-6-14(12-21)15(22)17-2/h8,11,14H,3-7,9-10,12H2,1-2H3,(H,17,22)(H,19,23). The quantitative estimate of drug-likeness (QED) is 0.771. The van der Waals surface area contributed by atoms with Crippen molar-refractivity contribution in [2.75, 3.05) is 26.7 Å². The van der Waals surface area contributed by atoms with Crippen molar-refractivity contribution in [3.8, 4) is 0 Å². The van der Waals surface area contributed by atoms with Crippen molar-refractivity contribution in [3.63, 3.8) is 0 Å². The molecule has 1 aromatic rings. The second-order valence-electron chi connectivity index (χ2n) is 6.01. The van der Waals surface area contributed by atoms with Gasteiger partial charge in [0.1, 0.15) is 5.82 Å². The number of piperidine rings is 1. The maximum absolute atomic E-state index is 12.2. The van der Waals surface area contributed by atoms with E-state index in [0.29, 0.717) is 13.1 Å². The lowest BCUT2D eigenvalue weighted by atomic mass is 9.97. The number of carbonyl (C=O) groups is 2. The number of rotatable bonds is 6. The highest BCUT2D eigenvalue weighted by atomic mass is 16.2. The molecule has 0 aromatic carbocycles. The maximum Gasteiger partial charge on any atom is 0.317 e. The summed E-state index contributed by atoms with van der Waals surface area (Å²) >= 11 is 0. The van der Waals surface area contributed by atoms with E-state index in [9.17, 15) is 9.59 Å². The van der Waals surface area contributed by atoms with Crippen LogP contribution in [0.2, 0.25) is 0 Å². The SMILES string of the molecule is CNC(=O)C1CCCN(C(=O)NCCCCn2ccnc2C)C1. The summed E-state index contributed by atoms with van der Waals surface area (Å²) in [7, 11) is 1.64. The summed E-state index contributed by atoms with van der Waals surface area (Å²) in [6.07, 6.45) is 7.43. The van der Waals surface area contributed by atoms with E-state index in [0.717, 1.165) is 44.6 Å². The molecule has 1 aliphatic heterocycles. The summed E-state index contributed by atoms with van der Waals surface area (Å²) in [5.41, 5.74) is 0. The highest BCUT2D eigenvalue weighted by molar-refractivity contribution is 5.80. The minimum absolute atomic E-state index is 0.0261. The molecule has 1 aromatic heterocycles. The summed E-state index contributed by atoms with van der Waals surface area (Å²) in [5.74, 6) is 0.963. The monoisotopic (exact) mass is 321 g/mol. The van der Waals surface area contributed by atoms with Crippen molar-refractivity contribution in [2.24, 2.45) is 5.92 Å². The van der Waals surface area contributed by atoms with Crippen molar-refractivity contribution in [2.45, 2.75) is 39.2 Å². The van der Waals surface area contributed by atoms with Gasteiger partial charge < -0.3 is 20.1 Å². The summed E-state index contributed by atoms with van der Waals surface area (Å²) in [6, 6.07) is -0.0579. The molecule has 23 heavy (non-hydrogen) atoms. The highest BCUT2D eigenvalue weighted by Crippen LogP contribution is 2.16. The number of urea groups is 1. The van der Waals surface area contributed by atoms with Gasteiger partial charge in [0.2, 0.25) is 5.91 Å². The molecule has 0 saturated carbocycles. The van der Waals surface area contributed by atoms with E-state index in [1.54, 1.807) is 18.1 Å². The molecule has 2 heterocycles. The summed E-state index contributed by atoms with van der Waals surface area (Å²) in [4.78, 5) is 29.8. The molecule has 7 nitrogen and oxygen atoms in total. The van der Waals surface area contributed by atoms with Crippen LogP contribution in [0.3, 0.4) is 0 Å². The Morgan fingerprint density at radius 1 is 1.39 bits per heavy atom. The first-order valence-corrected chi connectivity index (χ1v) is 8.34. The van der Waals surface area contributed by atoms with Crippen LogP contribution in [0.4, 0.5) is 4.79 Å². The molecule has 2 rings (SSSR count). The number of carbonyl (C=O) groups excluding carboxylic acids is 2. The molecule has 0 bridgehead atoms. The third-order valence-electron chi connectivity index (χ3n) is 4.35. The Morgan fingerprint density at radius 2 is 2.22 bits per heavy atom. The Morgan fingerprint density at radius 3 is 2.91 bits per heavy atom. The zero-order chi connectivity index (χ0) is 16.7. The molecule has 1 saturated heterocycles. The zero-order valence-corrected chi connectivity index (χ0v) is 14.0. The summed E-state index contributed by atoms with van der Waals surface area (Å²) < 4.78 is 2.11. The number of imidazole rings is 1. The number of aryl methyl sites for hydroxylation is 2. The first kappa shape index (κ1) is 17.3. The maximum atomic E-state index is 12.2. The van der Waals surface area contributed by atoms with Crippen molar-refractivity contribution in [1.82, 2.24) is 25.1 Å². The summed E-state index contributed by atoms with van der Waals surface area (Å²) in [5, 5.41) is 5.62. The Balaban J connectivity index is 1.64. The molecule has 0 aliphatic carbocycles. The molecule has 1 fully saturated rings. The molecule has 2 N–H and O–H groups in total. The van der Waals surface area contributed by atoms with Gasteiger partial charge in [0.05, 0.1) is 5.92 Å². The lowest BCUT2D eigenvalue weighted by molar-refractivity contribution is -0.125. The van der Waals surface area contributed by atoms with E-state index in [2.05, 4.69) is 20.2 Å². The van der Waals surface area contributed by atoms with Gasteiger partial charge in [-0.2, -0.15) is 0 Å². The minimum atomic E-state index is -0.0799. The van der Waals surface area contributed by atoms with Crippen LogP contribution in [-0.2, 0) is 11.3 Å². The third kappa shape index (κ3) is 4.97. The molecule has 128 valence electrons. The summed E-state index contributed by atoms with van der Waals surface area (Å²) in [6.45, 7) is 4.81. The Labute approximate surface area is 137 Å². The van der Waals surface area contributed by atoms with E-state index in [4.69, 9.17) is 0 Å². The highest BCUT2D eigenvalue weighted by Gasteiger charge is 2.27. The van der Waals surface area contributed by atoms with Crippen LogP contribution >= 0.6 is 0 Å². The van der Waals surface area contributed by atoms with Crippen molar-refractivity contribution in [1.29, 1.82) is 0 Å². The fourth-order valence-electron chi connectivity index (χ4n) is 2.93. The van der Waals surface area contributed by atoms with Gasteiger partial charge >= 0.3 is 6.03 Å². The van der Waals surface area contributed by atoms with Gasteiger partial charge in [-0.25, -0.2) is 9.78 Å². The van der Waals surface area contributed by atoms with E-state index in [1.807, 2.05) is 13.1 Å². The average Bonchev–Trinajstić information content (AvgIpc) is 2.98. The fraction of sp³-hybridized carbons (Fsp3) is 0.688. The van der Waals surface area contributed by atoms with Crippen LogP contribution in [0, 0.1) is 12.8 Å². The minimum Gasteiger partial charge on any atom is -0.359 e. The van der Waals surface area contributed by atoms with Crippen LogP contribution < -0.4 is 10.6 Å². The van der Waals surface area contributed by atoms with E-state index in [1.165, 1.54) is 0 Å². The van der Waals surface area contributed by atoms with Gasteiger partial charge in [-0.05, 0) is 32.6 Å². The first-order valence-electron chi connectivity index (χ1n) is 8.34. The van der Waals surface area contributed by atoms with Crippen LogP contribution in [0.5, 0.6) is 0 Å². The van der Waals surface area contributed by atoms with Gasteiger partial charge in [-0.1, -0.05) is 0 Å². The topological polar surface area (TPSA) is 79.3 Å². The van der Waals surface area contributed by atoms with Gasteiger partial charge in [-0.15, -0.1) is 0 Å². The third-order valence-corrected chi connectivity index (χ3v) is 4.35. The lowest BCUT2D eigenvalue weighted by Crippen LogP contribution is -2.48. The normalized spacial score (nSPS) is 17.8. The second kappa shape index (κ2) is 8.55. The lowest BCUT2D eigenvalue weighted by Gasteiger charge is -2.31. The fourth-order valence-corrected chi connectivity index (χ4v) is 2.93. The Hall–Kier alpha value is -2.05. The average molecular weight is 321 g/mol. The molecular weight excluding hydrogens is 294 g/mol. The van der Waals surface area contributed by atoms with E-state index >= 15 is 0 Å². The molecule has 1 aliphatic rings. The van der Waals surface area contributed by atoms with Gasteiger partial charge in [-0.3, -0.25) is 4.79 Å². The predicted molar refractivity (Wildman–Crippen MR) is 88.0 cm³/mol. The molecule has 0 spiro atoms. The number of amides is 3. The van der Waals surface area contributed by atoms with Gasteiger partial charge in [0.15, 0.2) is 0 Å². The number of aromatic nitrogens is 2. The van der Waals surface area contributed by atoms with Gasteiger partial charge in [0.25, 0.3) is 0 Å². The molecule has 7 heteroatoms. The first-order chi connectivity index (χ1) is 11.1. The van der Waals surface area contributed by atoms with Crippen LogP contribution in [0.25, 0.3) is 0 Å². The smallest absolute Gasteiger partial charge is 0.317 e. The van der Waals surface area contributed by atoms with Crippen LogP contribution in [-0.4, -0.2) is 53.1 Å². The van der Waals surface area contributed by atoms with E-state index in [-0.39, 0.29) is 17.9 Å². The molecular formula is C16H27N5O2. The Kier molecular flexibility index (Phi) is 6.43.